The zero-order valence-electron chi connectivity index (χ0n) is 25.7. The summed E-state index contributed by atoms with van der Waals surface area (Å²) < 4.78 is 30.9. The summed E-state index contributed by atoms with van der Waals surface area (Å²) in [6, 6.07) is 6.23. The molecule has 2 amide bonds. The summed E-state index contributed by atoms with van der Waals surface area (Å²) in [5.41, 5.74) is -1.90. The predicted molar refractivity (Wildman–Crippen MR) is 178 cm³/mol. The Kier molecular flexibility index (Phi) is 8.31. The molecule has 6 atom stereocenters. The number of rotatable bonds is 6. The maximum absolute atomic E-state index is 15.4. The zero-order valence-corrected chi connectivity index (χ0v) is 28.7. The minimum atomic E-state index is -3.29. The van der Waals surface area contributed by atoms with E-state index in [-0.39, 0.29) is 43.3 Å². The smallest absolute Gasteiger partial charge is 0.310 e. The molecule has 2 unspecified atom stereocenters. The Morgan fingerprint density at radius 1 is 1.00 bits per heavy atom. The minimum absolute atomic E-state index is 0.0436. The molecular weight excluding hydrogens is 694 g/mol. The lowest BCUT2D eigenvalue weighted by atomic mass is 9.59. The van der Waals surface area contributed by atoms with Gasteiger partial charge in [0.05, 0.1) is 23.2 Å². The van der Waals surface area contributed by atoms with Crippen LogP contribution >= 0.6 is 46.4 Å². The Morgan fingerprint density at radius 3 is 2.26 bits per heavy atom. The highest BCUT2D eigenvalue weighted by Gasteiger charge is 2.75. The van der Waals surface area contributed by atoms with Crippen molar-refractivity contribution in [2.45, 2.75) is 75.8 Å². The molecule has 2 saturated heterocycles. The van der Waals surface area contributed by atoms with Gasteiger partial charge in [0.15, 0.2) is 0 Å². The summed E-state index contributed by atoms with van der Waals surface area (Å²) in [7, 11) is 0. The lowest BCUT2D eigenvalue weighted by molar-refractivity contribution is -0.153. The lowest BCUT2D eigenvalue weighted by Gasteiger charge is -2.49. The van der Waals surface area contributed by atoms with Crippen molar-refractivity contribution >= 4 is 75.6 Å². The van der Waals surface area contributed by atoms with Crippen LogP contribution in [0.3, 0.4) is 0 Å². The van der Waals surface area contributed by atoms with Crippen LogP contribution in [0, 0.1) is 29.1 Å². The Balaban J connectivity index is 1.39. The average Bonchev–Trinajstić information content (AvgIpc) is 3.56. The number of carbonyl (C=O) groups is 3. The topological polar surface area (TPSA) is 90.0 Å². The molecule has 252 valence electrons. The van der Waals surface area contributed by atoms with E-state index < -0.39 is 60.1 Å². The van der Waals surface area contributed by atoms with Crippen molar-refractivity contribution in [1.82, 2.24) is 4.90 Å². The highest BCUT2D eigenvalue weighted by atomic mass is 35.5. The van der Waals surface area contributed by atoms with Gasteiger partial charge in [0, 0.05) is 45.3 Å². The molecule has 2 bridgehead atoms. The van der Waals surface area contributed by atoms with Crippen LogP contribution in [0.4, 0.5) is 20.2 Å². The van der Waals surface area contributed by atoms with E-state index in [0.717, 1.165) is 38.5 Å². The third-order valence-electron chi connectivity index (χ3n) is 11.6. The lowest BCUT2D eigenvalue weighted by Crippen LogP contribution is -2.55. The number of anilines is 2. The predicted octanol–water partition coefficient (Wildman–Crippen LogP) is 8.52. The number of nitrogens with zero attached hydrogens (tertiary/aromatic N) is 2. The Labute approximate surface area is 291 Å². The van der Waals surface area contributed by atoms with E-state index in [1.165, 1.54) is 34.4 Å². The fourth-order valence-electron chi connectivity index (χ4n) is 9.90. The van der Waals surface area contributed by atoms with Crippen molar-refractivity contribution in [1.29, 1.82) is 0 Å². The number of aliphatic carboxylic acids is 1. The van der Waals surface area contributed by atoms with Gasteiger partial charge in [-0.25, -0.2) is 8.78 Å². The first-order valence-electron chi connectivity index (χ1n) is 16.1. The fourth-order valence-corrected chi connectivity index (χ4v) is 11.0. The summed E-state index contributed by atoms with van der Waals surface area (Å²) in [6.07, 6.45) is 6.34. The normalized spacial score (nSPS) is 33.9. The third kappa shape index (κ3) is 5.34. The monoisotopic (exact) mass is 727 g/mol. The molecule has 3 heterocycles. The summed E-state index contributed by atoms with van der Waals surface area (Å²) in [5, 5.41) is 14.3. The van der Waals surface area contributed by atoms with Crippen LogP contribution < -0.4 is 10.2 Å². The van der Waals surface area contributed by atoms with Crippen LogP contribution in [0.1, 0.15) is 63.9 Å². The maximum atomic E-state index is 15.4. The Hall–Kier alpha value is -2.17. The van der Waals surface area contributed by atoms with E-state index in [9.17, 15) is 14.7 Å². The number of benzene rings is 2. The number of carboxylic acid groups (broad SMARTS) is 1. The molecule has 0 radical (unpaired) electrons. The van der Waals surface area contributed by atoms with Crippen LogP contribution in [-0.4, -0.2) is 52.8 Å². The molecule has 7 rings (SSSR count). The third-order valence-corrected chi connectivity index (χ3v) is 12.5. The molecule has 7 nitrogen and oxygen atoms in total. The number of nitrogens with one attached hydrogen (secondary N) is 1. The molecule has 2 aromatic rings. The van der Waals surface area contributed by atoms with Crippen molar-refractivity contribution in [3.05, 3.63) is 56.0 Å². The Morgan fingerprint density at radius 2 is 1.64 bits per heavy atom. The van der Waals surface area contributed by atoms with Crippen molar-refractivity contribution in [2.75, 3.05) is 23.3 Å². The number of carboxylic acids is 1. The Bertz CT molecular complexity index is 1640. The summed E-state index contributed by atoms with van der Waals surface area (Å²) in [6.45, 7) is 1.44. The van der Waals surface area contributed by atoms with E-state index in [1.54, 1.807) is 12.1 Å². The molecule has 4 fully saturated rings. The van der Waals surface area contributed by atoms with Crippen LogP contribution in [0.2, 0.25) is 20.1 Å². The van der Waals surface area contributed by atoms with Gasteiger partial charge >= 0.3 is 5.97 Å². The van der Waals surface area contributed by atoms with Crippen molar-refractivity contribution in [2.24, 2.45) is 29.1 Å². The number of alkyl halides is 2. The van der Waals surface area contributed by atoms with Gasteiger partial charge in [-0.05, 0) is 73.3 Å². The van der Waals surface area contributed by atoms with E-state index in [1.807, 2.05) is 0 Å². The van der Waals surface area contributed by atoms with E-state index >= 15 is 13.6 Å². The van der Waals surface area contributed by atoms with Gasteiger partial charge in [-0.15, -0.1) is 0 Å². The second-order valence-corrected chi connectivity index (χ2v) is 16.1. The first-order valence-corrected chi connectivity index (χ1v) is 17.6. The molecule has 2 N–H and O–H groups in total. The zero-order chi connectivity index (χ0) is 33.6. The molecule has 3 aliphatic heterocycles. The molecule has 5 aliphatic rings. The average molecular weight is 729 g/mol. The highest BCUT2D eigenvalue weighted by molar-refractivity contribution is 6.38. The molecule has 2 aromatic carbocycles. The summed E-state index contributed by atoms with van der Waals surface area (Å²) in [5.74, 6) is -8.45. The van der Waals surface area contributed by atoms with Crippen LogP contribution in [0.25, 0.3) is 0 Å². The number of hydrogen-bond acceptors (Lipinski definition) is 4. The van der Waals surface area contributed by atoms with Crippen LogP contribution in [0.15, 0.2) is 30.3 Å². The largest absolute Gasteiger partial charge is 0.481 e. The molecule has 2 aliphatic carbocycles. The van der Waals surface area contributed by atoms with Gasteiger partial charge in [-0.3, -0.25) is 19.3 Å². The van der Waals surface area contributed by atoms with Gasteiger partial charge in [-0.1, -0.05) is 72.6 Å². The van der Waals surface area contributed by atoms with Crippen LogP contribution in [-0.2, 0) is 19.9 Å². The maximum Gasteiger partial charge on any atom is 0.310 e. The van der Waals surface area contributed by atoms with Crippen molar-refractivity contribution in [3.8, 4) is 0 Å². The number of amides is 2. The number of fused-ring (bicyclic) bond motifs is 6. The fraction of sp³-hybridized carbons (Fsp3) is 0.559. The standard InChI is InChI=1S/C34H35Cl4F2N3O4/c1-2-32(12-17-4-3-5-18(6-17)13-32)15-42(22-8-19(35)7-20(36)9-22)29(44)26-25-14-33(39,40)16-43(25)34(27(26)30(45)46)23-10-21(37)11-24(38)28(23)41-31(34)47/h7-11,17-18,25-27H,2-6,12-16H2,1H3,(H,41,47)(H,45,46)/t17?,18?,25-,26+,27-,32?,34+/m1/s1. The van der Waals surface area contributed by atoms with Gasteiger partial charge in [-0.2, -0.15) is 0 Å². The number of carbonyl (C=O) groups excluding carboxylic acids is 2. The van der Waals surface area contributed by atoms with Gasteiger partial charge in [0.1, 0.15) is 11.5 Å². The van der Waals surface area contributed by atoms with Gasteiger partial charge in [0.2, 0.25) is 5.91 Å². The summed E-state index contributed by atoms with van der Waals surface area (Å²) >= 11 is 25.7. The van der Waals surface area contributed by atoms with E-state index in [4.69, 9.17) is 46.4 Å². The van der Waals surface area contributed by atoms with Crippen molar-refractivity contribution in [3.63, 3.8) is 0 Å². The number of halogens is 6. The number of hydrogen-bond donors (Lipinski definition) is 2. The van der Waals surface area contributed by atoms with E-state index in [0.29, 0.717) is 17.5 Å². The van der Waals surface area contributed by atoms with Crippen molar-refractivity contribution < 1.29 is 28.3 Å². The molecule has 0 aromatic heterocycles. The highest BCUT2D eigenvalue weighted by Crippen LogP contribution is 2.61. The minimum Gasteiger partial charge on any atom is -0.481 e. The molecule has 47 heavy (non-hydrogen) atoms. The first-order chi connectivity index (χ1) is 22.2. The van der Waals surface area contributed by atoms with Gasteiger partial charge in [0.25, 0.3) is 11.8 Å². The second-order valence-electron chi connectivity index (χ2n) is 14.3. The molecule has 2 saturated carbocycles. The SMILES string of the molecule is CCC1(CN(C(=O)[C@H]2[C@H]3CC(F)(F)CN3[C@]3(C(=O)Nc4c(Cl)cc(Cl)cc43)[C@H]2C(=O)O)c2cc(Cl)cc(Cl)c2)CC2CCCC(C2)C1. The molecule has 13 heteroatoms. The first kappa shape index (κ1) is 33.3. The van der Waals surface area contributed by atoms with E-state index in [2.05, 4.69) is 12.2 Å². The molecular formula is C34H35Cl4F2N3O4. The second kappa shape index (κ2) is 11.7. The quantitative estimate of drug-likeness (QED) is 0.311. The summed E-state index contributed by atoms with van der Waals surface area (Å²) in [4.78, 5) is 45.5. The molecule has 1 spiro atoms. The van der Waals surface area contributed by atoms with Crippen LogP contribution in [0.5, 0.6) is 0 Å². The van der Waals surface area contributed by atoms with Gasteiger partial charge < -0.3 is 15.3 Å².